The Balaban J connectivity index is 1.67. The number of nitrogens with zero attached hydrogens (tertiary/aromatic N) is 3. The number of carbonyl (C=O) groups is 2. The Kier molecular flexibility index (Phi) is 7.22. The van der Waals surface area contributed by atoms with Crippen molar-refractivity contribution in [3.05, 3.63) is 34.1 Å². The van der Waals surface area contributed by atoms with Crippen molar-refractivity contribution in [1.82, 2.24) is 19.8 Å². The normalized spacial score (nSPS) is 16.0. The van der Waals surface area contributed by atoms with Gasteiger partial charge in [0.1, 0.15) is 0 Å². The smallest absolute Gasteiger partial charge is 0.324 e. The Morgan fingerprint density at radius 1 is 1.18 bits per heavy atom. The van der Waals surface area contributed by atoms with Crippen molar-refractivity contribution in [2.45, 2.75) is 43.8 Å². The maximum Gasteiger partial charge on any atom is 0.324 e. The largest absolute Gasteiger partial charge is 0.493 e. The van der Waals surface area contributed by atoms with Crippen LogP contribution < -0.4 is 20.3 Å². The van der Waals surface area contributed by atoms with E-state index in [9.17, 15) is 14.4 Å². The molecular formula is C23H28N4O5S. The zero-order valence-corrected chi connectivity index (χ0v) is 19.7. The number of imide groups is 1. The summed E-state index contributed by atoms with van der Waals surface area (Å²) in [7, 11) is 3.05. The summed E-state index contributed by atoms with van der Waals surface area (Å²) in [6.07, 6.45) is 7.52. The van der Waals surface area contributed by atoms with Gasteiger partial charge in [0.25, 0.3) is 5.56 Å². The molecule has 0 radical (unpaired) electrons. The van der Waals surface area contributed by atoms with Crippen molar-refractivity contribution in [3.63, 3.8) is 0 Å². The van der Waals surface area contributed by atoms with Gasteiger partial charge in [-0.25, -0.2) is 9.78 Å². The number of benzene rings is 1. The summed E-state index contributed by atoms with van der Waals surface area (Å²) in [6, 6.07) is 2.93. The number of hydrogen-bond donors (Lipinski definition) is 1. The summed E-state index contributed by atoms with van der Waals surface area (Å²) >= 11 is 1.17. The quantitative estimate of drug-likeness (QED) is 0.358. The molecule has 1 aromatic heterocycles. The van der Waals surface area contributed by atoms with Gasteiger partial charge >= 0.3 is 6.03 Å². The summed E-state index contributed by atoms with van der Waals surface area (Å²) in [5.74, 6) is 0.642. The number of rotatable bonds is 8. The van der Waals surface area contributed by atoms with Gasteiger partial charge in [-0.2, -0.15) is 0 Å². The van der Waals surface area contributed by atoms with Gasteiger partial charge in [-0.3, -0.25) is 19.1 Å². The molecule has 0 unspecified atom stereocenters. The van der Waals surface area contributed by atoms with Crippen molar-refractivity contribution < 1.29 is 19.1 Å². The first-order valence-electron chi connectivity index (χ1n) is 11.1. The van der Waals surface area contributed by atoms with Crippen LogP contribution in [0.2, 0.25) is 0 Å². The van der Waals surface area contributed by atoms with E-state index in [0.717, 1.165) is 19.3 Å². The molecule has 2 heterocycles. The molecule has 4 rings (SSSR count). The van der Waals surface area contributed by atoms with Gasteiger partial charge in [0.2, 0.25) is 5.91 Å². The molecule has 1 fully saturated rings. The van der Waals surface area contributed by atoms with Crippen molar-refractivity contribution in [1.29, 1.82) is 0 Å². The van der Waals surface area contributed by atoms with Crippen LogP contribution in [0.4, 0.5) is 4.79 Å². The second-order valence-corrected chi connectivity index (χ2v) is 8.94. The summed E-state index contributed by atoms with van der Waals surface area (Å²) in [6.45, 7) is 1.27. The van der Waals surface area contributed by atoms with Crippen LogP contribution in [0.1, 0.15) is 32.1 Å². The highest BCUT2D eigenvalue weighted by molar-refractivity contribution is 7.99. The number of thioether (sulfide) groups is 1. The number of nitrogens with one attached hydrogen (secondary N) is 1. The molecule has 0 bridgehead atoms. The van der Waals surface area contributed by atoms with Crippen LogP contribution in [0.3, 0.4) is 0 Å². The highest BCUT2D eigenvalue weighted by Gasteiger charge is 2.26. The van der Waals surface area contributed by atoms with E-state index in [1.165, 1.54) is 49.3 Å². The van der Waals surface area contributed by atoms with Crippen LogP contribution in [-0.2, 0) is 11.3 Å². The average Bonchev–Trinajstić information content (AvgIpc) is 3.27. The molecule has 176 valence electrons. The Hall–Kier alpha value is -3.01. The predicted molar refractivity (Wildman–Crippen MR) is 126 cm³/mol. The van der Waals surface area contributed by atoms with Crippen LogP contribution in [0.5, 0.6) is 11.5 Å². The second-order valence-electron chi connectivity index (χ2n) is 8.00. The lowest BCUT2D eigenvalue weighted by atomic mass is 9.97. The molecule has 2 aromatic rings. The van der Waals surface area contributed by atoms with Gasteiger partial charge in [0.15, 0.2) is 16.7 Å². The Labute approximate surface area is 196 Å². The molecule has 1 N–H and O–H groups in total. The number of fused-ring (bicyclic) bond motifs is 1. The molecule has 9 nitrogen and oxygen atoms in total. The highest BCUT2D eigenvalue weighted by Crippen LogP contribution is 2.31. The van der Waals surface area contributed by atoms with E-state index in [-0.39, 0.29) is 23.3 Å². The molecule has 0 saturated carbocycles. The molecule has 10 heteroatoms. The fraction of sp³-hybridized carbons (Fsp3) is 0.478. The Bertz CT molecular complexity index is 1160. The molecule has 1 aliphatic carbocycles. The number of amides is 3. The van der Waals surface area contributed by atoms with E-state index in [2.05, 4.69) is 11.4 Å². The third-order valence-electron chi connectivity index (χ3n) is 5.95. The molecule has 33 heavy (non-hydrogen) atoms. The van der Waals surface area contributed by atoms with Gasteiger partial charge in [-0.15, -0.1) is 0 Å². The zero-order chi connectivity index (χ0) is 23.4. The maximum absolute atomic E-state index is 13.5. The van der Waals surface area contributed by atoms with Crippen molar-refractivity contribution in [3.8, 4) is 11.5 Å². The highest BCUT2D eigenvalue weighted by atomic mass is 32.2. The van der Waals surface area contributed by atoms with E-state index in [1.807, 2.05) is 0 Å². The van der Waals surface area contributed by atoms with Gasteiger partial charge < -0.3 is 14.8 Å². The molecule has 0 atom stereocenters. The Morgan fingerprint density at radius 3 is 2.64 bits per heavy atom. The lowest BCUT2D eigenvalue weighted by molar-refractivity contribution is -0.124. The van der Waals surface area contributed by atoms with E-state index < -0.39 is 0 Å². The number of aromatic nitrogens is 2. The van der Waals surface area contributed by atoms with Gasteiger partial charge in [-0.1, -0.05) is 23.4 Å². The summed E-state index contributed by atoms with van der Waals surface area (Å²) < 4.78 is 12.4. The van der Waals surface area contributed by atoms with Crippen molar-refractivity contribution in [2.75, 3.05) is 33.1 Å². The van der Waals surface area contributed by atoms with Crippen LogP contribution in [0, 0.1) is 0 Å². The summed E-state index contributed by atoms with van der Waals surface area (Å²) in [4.78, 5) is 43.7. The molecular weight excluding hydrogens is 444 g/mol. The molecule has 3 amide bonds. The van der Waals surface area contributed by atoms with Crippen LogP contribution >= 0.6 is 11.8 Å². The van der Waals surface area contributed by atoms with Gasteiger partial charge in [-0.05, 0) is 38.2 Å². The van der Waals surface area contributed by atoms with E-state index in [4.69, 9.17) is 14.5 Å². The fourth-order valence-corrected chi connectivity index (χ4v) is 5.04. The Morgan fingerprint density at radius 2 is 1.97 bits per heavy atom. The lowest BCUT2D eigenvalue weighted by Crippen LogP contribution is -2.35. The van der Waals surface area contributed by atoms with Crippen molar-refractivity contribution >= 4 is 34.6 Å². The third-order valence-corrected chi connectivity index (χ3v) is 6.91. The number of methoxy groups -OCH3 is 2. The van der Waals surface area contributed by atoms with Crippen LogP contribution in [-0.4, -0.2) is 59.5 Å². The second kappa shape index (κ2) is 10.3. The van der Waals surface area contributed by atoms with E-state index >= 15 is 0 Å². The zero-order valence-electron chi connectivity index (χ0n) is 18.9. The summed E-state index contributed by atoms with van der Waals surface area (Å²) in [5, 5.41) is 3.51. The number of urea groups is 1. The molecule has 1 saturated heterocycles. The van der Waals surface area contributed by atoms with Gasteiger partial charge in [0, 0.05) is 25.7 Å². The first kappa shape index (κ1) is 23.2. The van der Waals surface area contributed by atoms with E-state index in [1.54, 1.807) is 16.7 Å². The van der Waals surface area contributed by atoms with E-state index in [0.29, 0.717) is 47.2 Å². The number of allylic oxidation sites excluding steroid dienone is 2. The topological polar surface area (TPSA) is 103 Å². The minimum Gasteiger partial charge on any atom is -0.493 e. The minimum atomic E-state index is -0.384. The SMILES string of the molecule is COc1cc2nc(SCC(=O)N3CCNC3=O)n(CCC3=CCCCC3)c(=O)c2cc1OC. The summed E-state index contributed by atoms with van der Waals surface area (Å²) in [5.41, 5.74) is 1.63. The minimum absolute atomic E-state index is 0.0152. The average molecular weight is 473 g/mol. The first-order chi connectivity index (χ1) is 16.0. The molecule has 1 aromatic carbocycles. The van der Waals surface area contributed by atoms with Gasteiger partial charge in [0.05, 0.1) is 30.9 Å². The first-order valence-corrected chi connectivity index (χ1v) is 12.1. The maximum atomic E-state index is 13.5. The van der Waals surface area contributed by atoms with Crippen LogP contribution in [0.15, 0.2) is 33.7 Å². The number of ether oxygens (including phenoxy) is 2. The molecule has 1 aliphatic heterocycles. The third kappa shape index (κ3) is 5.00. The van der Waals surface area contributed by atoms with Crippen LogP contribution in [0.25, 0.3) is 10.9 Å². The standard InChI is InChI=1S/C23H28N4O5S/c1-31-18-12-16-17(13-19(18)32-2)25-23(33-14-20(28)26-11-9-24-22(26)30)27(21(16)29)10-8-15-6-4-3-5-7-15/h6,12-13H,3-5,7-11,14H2,1-2H3,(H,24,30). The number of carbonyl (C=O) groups excluding carboxylic acids is 2. The molecule has 0 spiro atoms. The molecule has 2 aliphatic rings. The number of hydrogen-bond acceptors (Lipinski definition) is 7. The fourth-order valence-electron chi connectivity index (χ4n) is 4.14. The predicted octanol–water partition coefficient (Wildman–Crippen LogP) is 2.95. The lowest BCUT2D eigenvalue weighted by Gasteiger charge is -2.17. The monoisotopic (exact) mass is 472 g/mol. The van der Waals surface area contributed by atoms with Crippen molar-refractivity contribution in [2.24, 2.45) is 0 Å².